The SMILES string of the molecule is Cc1cnc(CNS(=O)(=O)c2ccc(N)cc2Br)s1. The number of benzene rings is 1. The molecule has 8 heteroatoms. The smallest absolute Gasteiger partial charge is 0.242 e. The third-order valence-corrected chi connectivity index (χ3v) is 5.62. The maximum absolute atomic E-state index is 12.1. The predicted molar refractivity (Wildman–Crippen MR) is 79.4 cm³/mol. The van der Waals surface area contributed by atoms with Crippen LogP contribution in [0.3, 0.4) is 0 Å². The van der Waals surface area contributed by atoms with Gasteiger partial charge < -0.3 is 5.73 Å². The summed E-state index contributed by atoms with van der Waals surface area (Å²) < 4.78 is 27.2. The Hall–Kier alpha value is -0.960. The molecular weight excluding hydrogens is 350 g/mol. The Balaban J connectivity index is 2.18. The fourth-order valence-corrected chi connectivity index (χ4v) is 4.35. The number of aromatic nitrogens is 1. The van der Waals surface area contributed by atoms with Gasteiger partial charge in [-0.3, -0.25) is 0 Å². The first-order valence-corrected chi connectivity index (χ1v) is 8.44. The standard InChI is InChI=1S/C11H12BrN3O2S2/c1-7-5-14-11(18-7)6-15-19(16,17)10-3-2-8(13)4-9(10)12/h2-5,15H,6,13H2,1H3. The van der Waals surface area contributed by atoms with Gasteiger partial charge in [0.1, 0.15) is 5.01 Å². The summed E-state index contributed by atoms with van der Waals surface area (Å²) >= 11 is 4.66. The highest BCUT2D eigenvalue weighted by atomic mass is 79.9. The van der Waals surface area contributed by atoms with Gasteiger partial charge in [0, 0.05) is 21.2 Å². The van der Waals surface area contributed by atoms with Crippen LogP contribution in [0.15, 0.2) is 33.8 Å². The third kappa shape index (κ3) is 3.53. The van der Waals surface area contributed by atoms with E-state index in [1.165, 1.54) is 17.4 Å². The number of rotatable bonds is 4. The lowest BCUT2D eigenvalue weighted by Gasteiger charge is -2.07. The van der Waals surface area contributed by atoms with E-state index in [1.54, 1.807) is 18.3 Å². The van der Waals surface area contributed by atoms with E-state index in [2.05, 4.69) is 25.6 Å². The lowest BCUT2D eigenvalue weighted by molar-refractivity contribution is 0.580. The molecule has 5 nitrogen and oxygen atoms in total. The summed E-state index contributed by atoms with van der Waals surface area (Å²) in [6, 6.07) is 4.57. The van der Waals surface area contributed by atoms with Crippen LogP contribution in [0.5, 0.6) is 0 Å². The molecule has 102 valence electrons. The van der Waals surface area contributed by atoms with Crippen molar-refractivity contribution >= 4 is 43.0 Å². The van der Waals surface area contributed by atoms with E-state index < -0.39 is 10.0 Å². The van der Waals surface area contributed by atoms with Crippen molar-refractivity contribution in [3.8, 4) is 0 Å². The van der Waals surface area contributed by atoms with Crippen LogP contribution in [0.25, 0.3) is 0 Å². The second kappa shape index (κ2) is 5.58. The summed E-state index contributed by atoms with van der Waals surface area (Å²) in [5, 5.41) is 0.729. The van der Waals surface area contributed by atoms with Crippen LogP contribution >= 0.6 is 27.3 Å². The van der Waals surface area contributed by atoms with E-state index in [0.717, 1.165) is 9.88 Å². The van der Waals surface area contributed by atoms with Crippen LogP contribution in [0.2, 0.25) is 0 Å². The number of halogens is 1. The monoisotopic (exact) mass is 361 g/mol. The molecule has 0 radical (unpaired) electrons. The Morgan fingerprint density at radius 3 is 2.79 bits per heavy atom. The molecule has 0 aliphatic rings. The van der Waals surface area contributed by atoms with Crippen LogP contribution in [-0.2, 0) is 16.6 Å². The summed E-state index contributed by atoms with van der Waals surface area (Å²) in [6.45, 7) is 2.10. The van der Waals surface area contributed by atoms with Crippen molar-refractivity contribution in [2.45, 2.75) is 18.4 Å². The first-order chi connectivity index (χ1) is 8.88. The molecule has 0 aliphatic carbocycles. The van der Waals surface area contributed by atoms with Gasteiger partial charge in [-0.25, -0.2) is 18.1 Å². The van der Waals surface area contributed by atoms with Crippen molar-refractivity contribution in [2.75, 3.05) is 5.73 Å². The first-order valence-electron chi connectivity index (χ1n) is 5.34. The number of aryl methyl sites for hydroxylation is 1. The molecule has 0 unspecified atom stereocenters. The number of nitrogens with one attached hydrogen (secondary N) is 1. The first kappa shape index (κ1) is 14.4. The highest BCUT2D eigenvalue weighted by Crippen LogP contribution is 2.24. The summed E-state index contributed by atoms with van der Waals surface area (Å²) in [4.78, 5) is 5.32. The quantitative estimate of drug-likeness (QED) is 0.818. The van der Waals surface area contributed by atoms with Crippen LogP contribution in [0.1, 0.15) is 9.88 Å². The number of nitrogens with zero attached hydrogens (tertiary/aromatic N) is 1. The van der Waals surface area contributed by atoms with Crippen LogP contribution in [-0.4, -0.2) is 13.4 Å². The molecule has 0 bridgehead atoms. The highest BCUT2D eigenvalue weighted by Gasteiger charge is 2.17. The third-order valence-electron chi connectivity index (χ3n) is 2.33. The fraction of sp³-hybridized carbons (Fsp3) is 0.182. The zero-order valence-electron chi connectivity index (χ0n) is 10.1. The normalized spacial score (nSPS) is 11.7. The number of anilines is 1. The number of nitrogen functional groups attached to an aromatic ring is 1. The van der Waals surface area contributed by atoms with Crippen LogP contribution in [0, 0.1) is 6.92 Å². The van der Waals surface area contributed by atoms with Crippen molar-refractivity contribution in [3.63, 3.8) is 0 Å². The molecular formula is C11H12BrN3O2S2. The minimum absolute atomic E-state index is 0.162. The minimum atomic E-state index is -3.58. The number of nitrogens with two attached hydrogens (primary N) is 1. The molecule has 1 heterocycles. The van der Waals surface area contributed by atoms with Crippen molar-refractivity contribution in [3.05, 3.63) is 38.8 Å². The molecule has 0 aliphatic heterocycles. The van der Waals surface area contributed by atoms with Gasteiger partial charge in [-0.15, -0.1) is 11.3 Å². The molecule has 0 spiro atoms. The van der Waals surface area contributed by atoms with Gasteiger partial charge in [0.05, 0.1) is 11.4 Å². The summed E-state index contributed by atoms with van der Waals surface area (Å²) in [7, 11) is -3.58. The molecule has 0 fully saturated rings. The van der Waals surface area contributed by atoms with Gasteiger partial charge in [0.25, 0.3) is 0 Å². The van der Waals surface area contributed by atoms with E-state index in [1.807, 2.05) is 6.92 Å². The summed E-state index contributed by atoms with van der Waals surface area (Å²) in [5.74, 6) is 0. The van der Waals surface area contributed by atoms with Crippen molar-refractivity contribution in [2.24, 2.45) is 0 Å². The largest absolute Gasteiger partial charge is 0.399 e. The molecule has 19 heavy (non-hydrogen) atoms. The Bertz CT molecular complexity index is 698. The van der Waals surface area contributed by atoms with Crippen molar-refractivity contribution in [1.82, 2.24) is 9.71 Å². The van der Waals surface area contributed by atoms with E-state index in [4.69, 9.17) is 5.73 Å². The van der Waals surface area contributed by atoms with Gasteiger partial charge in [-0.1, -0.05) is 0 Å². The summed E-state index contributed by atoms with van der Waals surface area (Å²) in [5.41, 5.74) is 6.09. The fourth-order valence-electron chi connectivity index (χ4n) is 1.45. The van der Waals surface area contributed by atoms with Crippen molar-refractivity contribution < 1.29 is 8.42 Å². The zero-order chi connectivity index (χ0) is 14.0. The highest BCUT2D eigenvalue weighted by molar-refractivity contribution is 9.10. The molecule has 2 aromatic rings. The van der Waals surface area contributed by atoms with E-state index >= 15 is 0 Å². The average Bonchev–Trinajstić information content (AvgIpc) is 2.72. The molecule has 2 rings (SSSR count). The van der Waals surface area contributed by atoms with Crippen LogP contribution < -0.4 is 10.5 Å². The lowest BCUT2D eigenvalue weighted by atomic mass is 10.3. The maximum Gasteiger partial charge on any atom is 0.242 e. The number of hydrogen-bond acceptors (Lipinski definition) is 5. The van der Waals surface area contributed by atoms with E-state index in [9.17, 15) is 8.42 Å². The second-order valence-corrected chi connectivity index (χ2v) is 7.79. The molecule has 3 N–H and O–H groups in total. The molecule has 0 atom stereocenters. The molecule has 0 saturated heterocycles. The Labute approximate surface area is 124 Å². The van der Waals surface area contributed by atoms with Gasteiger partial charge in [0.2, 0.25) is 10.0 Å². The second-order valence-electron chi connectivity index (χ2n) is 3.88. The predicted octanol–water partition coefficient (Wildman–Crippen LogP) is 2.27. The number of hydrogen-bond donors (Lipinski definition) is 2. The van der Waals surface area contributed by atoms with Gasteiger partial charge >= 0.3 is 0 Å². The molecule has 0 amide bonds. The van der Waals surface area contributed by atoms with Gasteiger partial charge in [-0.05, 0) is 41.1 Å². The summed E-state index contributed by atoms with van der Waals surface area (Å²) in [6.07, 6.45) is 1.72. The zero-order valence-corrected chi connectivity index (χ0v) is 13.3. The Morgan fingerprint density at radius 2 is 2.21 bits per heavy atom. The van der Waals surface area contributed by atoms with Crippen LogP contribution in [0.4, 0.5) is 5.69 Å². The number of sulfonamides is 1. The van der Waals surface area contributed by atoms with Gasteiger partial charge in [-0.2, -0.15) is 0 Å². The van der Waals surface area contributed by atoms with E-state index in [0.29, 0.717) is 10.2 Å². The van der Waals surface area contributed by atoms with Crippen molar-refractivity contribution in [1.29, 1.82) is 0 Å². The molecule has 1 aromatic carbocycles. The van der Waals surface area contributed by atoms with Gasteiger partial charge in [0.15, 0.2) is 0 Å². The van der Waals surface area contributed by atoms with E-state index in [-0.39, 0.29) is 11.4 Å². The molecule has 1 aromatic heterocycles. The Kier molecular flexibility index (Phi) is 4.24. The maximum atomic E-state index is 12.1. The number of thiazole rings is 1. The lowest BCUT2D eigenvalue weighted by Crippen LogP contribution is -2.23. The Morgan fingerprint density at radius 1 is 1.47 bits per heavy atom. The topological polar surface area (TPSA) is 85.1 Å². The average molecular weight is 362 g/mol. The minimum Gasteiger partial charge on any atom is -0.399 e. The molecule has 0 saturated carbocycles.